The Hall–Kier alpha value is -2.91. The van der Waals surface area contributed by atoms with Gasteiger partial charge in [-0.2, -0.15) is 9.29 Å². The second kappa shape index (κ2) is 7.97. The first-order valence-corrected chi connectivity index (χ1v) is 12.1. The van der Waals surface area contributed by atoms with Crippen molar-refractivity contribution in [3.63, 3.8) is 0 Å². The first-order valence-electron chi connectivity index (χ1n) is 10.3. The van der Waals surface area contributed by atoms with Crippen LogP contribution in [0, 0.1) is 0 Å². The maximum absolute atomic E-state index is 12.7. The highest BCUT2D eigenvalue weighted by Crippen LogP contribution is 2.37. The smallest absolute Gasteiger partial charge is 0.242 e. The van der Waals surface area contributed by atoms with Crippen LogP contribution in [0.15, 0.2) is 47.0 Å². The predicted molar refractivity (Wildman–Crippen MR) is 113 cm³/mol. The number of benzene rings is 2. The summed E-state index contributed by atoms with van der Waals surface area (Å²) in [5, 5.41) is 4.06. The number of nitrogens with zero attached hydrogens (tertiary/aromatic N) is 3. The van der Waals surface area contributed by atoms with E-state index in [1.807, 2.05) is 30.3 Å². The first kappa shape index (κ1) is 20.0. The fourth-order valence-electron chi connectivity index (χ4n) is 4.24. The van der Waals surface area contributed by atoms with Gasteiger partial charge in [0.2, 0.25) is 21.7 Å². The SMILES string of the molecule is CS(=O)(=O)N(Cc1nc(-c2ccc3c(c2)OCCO3)no1)[C@H]1CCCc2ccccc21. The van der Waals surface area contributed by atoms with Crippen LogP contribution >= 0.6 is 0 Å². The molecule has 162 valence electrons. The molecule has 2 aliphatic rings. The summed E-state index contributed by atoms with van der Waals surface area (Å²) >= 11 is 0. The van der Waals surface area contributed by atoms with Gasteiger partial charge in [0.05, 0.1) is 18.8 Å². The molecular weight excluding hydrogens is 418 g/mol. The maximum atomic E-state index is 12.7. The molecular formula is C22H23N3O5S. The van der Waals surface area contributed by atoms with Crippen molar-refractivity contribution in [1.82, 2.24) is 14.4 Å². The van der Waals surface area contributed by atoms with E-state index in [9.17, 15) is 8.42 Å². The van der Waals surface area contributed by atoms with Gasteiger partial charge in [0, 0.05) is 5.56 Å². The van der Waals surface area contributed by atoms with E-state index < -0.39 is 10.0 Å². The van der Waals surface area contributed by atoms with Gasteiger partial charge in [-0.05, 0) is 48.6 Å². The average Bonchev–Trinajstić information content (AvgIpc) is 3.25. The normalized spacial score (nSPS) is 18.1. The number of rotatable bonds is 5. The average molecular weight is 442 g/mol. The Kier molecular flexibility index (Phi) is 5.15. The Morgan fingerprint density at radius 1 is 1.10 bits per heavy atom. The highest BCUT2D eigenvalue weighted by molar-refractivity contribution is 7.88. The summed E-state index contributed by atoms with van der Waals surface area (Å²) in [5.41, 5.74) is 2.95. The molecule has 31 heavy (non-hydrogen) atoms. The van der Waals surface area contributed by atoms with Crippen molar-refractivity contribution in [1.29, 1.82) is 0 Å². The monoisotopic (exact) mass is 441 g/mol. The third-order valence-electron chi connectivity index (χ3n) is 5.67. The van der Waals surface area contributed by atoms with E-state index in [-0.39, 0.29) is 18.5 Å². The van der Waals surface area contributed by atoms with Crippen LogP contribution in [0.5, 0.6) is 11.5 Å². The standard InChI is InChI=1S/C22H23N3O5S/c1-31(26,27)25(18-8-4-6-15-5-2-3-7-17(15)18)14-21-23-22(24-30-21)16-9-10-19-20(13-16)29-12-11-28-19/h2-3,5,7,9-10,13,18H,4,6,8,11-12,14H2,1H3/t18-/m0/s1. The van der Waals surface area contributed by atoms with Gasteiger partial charge in [-0.15, -0.1) is 0 Å². The zero-order valence-electron chi connectivity index (χ0n) is 17.2. The quantitative estimate of drug-likeness (QED) is 0.599. The maximum Gasteiger partial charge on any atom is 0.242 e. The summed E-state index contributed by atoms with van der Waals surface area (Å²) in [5.74, 6) is 1.94. The van der Waals surface area contributed by atoms with Gasteiger partial charge in [0.15, 0.2) is 11.5 Å². The predicted octanol–water partition coefficient (Wildman–Crippen LogP) is 3.35. The Bertz CT molecular complexity index is 1210. The Labute approximate surface area is 180 Å². The van der Waals surface area contributed by atoms with Crippen LogP contribution in [0.4, 0.5) is 0 Å². The number of ether oxygens (including phenoxy) is 2. The van der Waals surface area contributed by atoms with Crippen molar-refractivity contribution in [3.05, 3.63) is 59.5 Å². The number of sulfonamides is 1. The molecule has 0 saturated carbocycles. The van der Waals surface area contributed by atoms with Crippen molar-refractivity contribution in [2.45, 2.75) is 31.8 Å². The summed E-state index contributed by atoms with van der Waals surface area (Å²) in [6.07, 6.45) is 3.87. The number of hydrogen-bond acceptors (Lipinski definition) is 7. The second-order valence-corrected chi connectivity index (χ2v) is 9.72. The van der Waals surface area contributed by atoms with E-state index in [4.69, 9.17) is 14.0 Å². The van der Waals surface area contributed by atoms with E-state index in [0.29, 0.717) is 36.1 Å². The topological polar surface area (TPSA) is 94.8 Å². The molecule has 3 aromatic rings. The van der Waals surface area contributed by atoms with Gasteiger partial charge in [0.1, 0.15) is 13.2 Å². The molecule has 1 atom stereocenters. The van der Waals surface area contributed by atoms with E-state index in [1.54, 1.807) is 6.07 Å². The molecule has 1 aliphatic carbocycles. The summed E-state index contributed by atoms with van der Waals surface area (Å²) in [6, 6.07) is 13.2. The van der Waals surface area contributed by atoms with E-state index in [0.717, 1.165) is 24.8 Å². The van der Waals surface area contributed by atoms with Crippen LogP contribution in [-0.2, 0) is 23.0 Å². The Morgan fingerprint density at radius 2 is 1.90 bits per heavy atom. The molecule has 0 bridgehead atoms. The highest BCUT2D eigenvalue weighted by atomic mass is 32.2. The molecule has 5 rings (SSSR count). The van der Waals surface area contributed by atoms with Crippen LogP contribution < -0.4 is 9.47 Å². The Balaban J connectivity index is 1.43. The fourth-order valence-corrected chi connectivity index (χ4v) is 5.26. The molecule has 1 aliphatic heterocycles. The molecule has 1 aromatic heterocycles. The molecule has 2 aromatic carbocycles. The molecule has 0 amide bonds. The molecule has 0 N–H and O–H groups in total. The lowest BCUT2D eigenvalue weighted by atomic mass is 9.88. The molecule has 0 unspecified atom stereocenters. The van der Waals surface area contributed by atoms with Crippen LogP contribution in [-0.4, -0.2) is 42.3 Å². The van der Waals surface area contributed by atoms with Gasteiger partial charge in [-0.3, -0.25) is 0 Å². The largest absolute Gasteiger partial charge is 0.486 e. The minimum atomic E-state index is -3.50. The van der Waals surface area contributed by atoms with Gasteiger partial charge in [-0.1, -0.05) is 29.4 Å². The third kappa shape index (κ3) is 4.03. The molecule has 9 heteroatoms. The number of aromatic nitrogens is 2. The lowest BCUT2D eigenvalue weighted by molar-refractivity contribution is 0.171. The van der Waals surface area contributed by atoms with Gasteiger partial charge < -0.3 is 14.0 Å². The third-order valence-corrected chi connectivity index (χ3v) is 6.91. The van der Waals surface area contributed by atoms with Gasteiger partial charge in [0.25, 0.3) is 0 Å². The van der Waals surface area contributed by atoms with Crippen LogP contribution in [0.25, 0.3) is 11.4 Å². The molecule has 0 radical (unpaired) electrons. The van der Waals surface area contributed by atoms with Crippen LogP contribution in [0.3, 0.4) is 0 Å². The minimum Gasteiger partial charge on any atom is -0.486 e. The number of hydrogen-bond donors (Lipinski definition) is 0. The summed E-state index contributed by atoms with van der Waals surface area (Å²) in [7, 11) is -3.50. The van der Waals surface area contributed by atoms with Gasteiger partial charge >= 0.3 is 0 Å². The zero-order valence-corrected chi connectivity index (χ0v) is 18.0. The minimum absolute atomic E-state index is 0.0232. The lowest BCUT2D eigenvalue weighted by Crippen LogP contribution is -2.35. The van der Waals surface area contributed by atoms with Crippen molar-refractivity contribution in [2.75, 3.05) is 19.5 Å². The zero-order chi connectivity index (χ0) is 21.4. The first-order chi connectivity index (χ1) is 15.0. The lowest BCUT2D eigenvalue weighted by Gasteiger charge is -2.33. The second-order valence-electron chi connectivity index (χ2n) is 7.79. The van der Waals surface area contributed by atoms with Crippen molar-refractivity contribution < 1.29 is 22.4 Å². The number of aryl methyl sites for hydroxylation is 1. The number of fused-ring (bicyclic) bond motifs is 2. The van der Waals surface area contributed by atoms with E-state index in [2.05, 4.69) is 16.2 Å². The van der Waals surface area contributed by atoms with Gasteiger partial charge in [-0.25, -0.2) is 8.42 Å². The molecule has 0 spiro atoms. The van der Waals surface area contributed by atoms with Crippen LogP contribution in [0.1, 0.15) is 35.9 Å². The molecule has 2 heterocycles. The summed E-state index contributed by atoms with van der Waals surface area (Å²) < 4.78 is 43.4. The van der Waals surface area contributed by atoms with Crippen LogP contribution in [0.2, 0.25) is 0 Å². The highest BCUT2D eigenvalue weighted by Gasteiger charge is 2.33. The summed E-state index contributed by atoms with van der Waals surface area (Å²) in [6.45, 7) is 1.03. The van der Waals surface area contributed by atoms with Crippen molar-refractivity contribution in [3.8, 4) is 22.9 Å². The van der Waals surface area contributed by atoms with E-state index >= 15 is 0 Å². The van der Waals surface area contributed by atoms with E-state index in [1.165, 1.54) is 16.1 Å². The Morgan fingerprint density at radius 3 is 2.74 bits per heavy atom. The molecule has 0 fully saturated rings. The molecule has 8 nitrogen and oxygen atoms in total. The fraction of sp³-hybridized carbons (Fsp3) is 0.364. The van der Waals surface area contributed by atoms with Crippen molar-refractivity contribution >= 4 is 10.0 Å². The summed E-state index contributed by atoms with van der Waals surface area (Å²) in [4.78, 5) is 4.45. The van der Waals surface area contributed by atoms with Crippen molar-refractivity contribution in [2.24, 2.45) is 0 Å². The molecule has 0 saturated heterocycles.